The predicted molar refractivity (Wildman–Crippen MR) is 87.9 cm³/mol. The molecule has 1 unspecified atom stereocenters. The van der Waals surface area contributed by atoms with Gasteiger partial charge in [-0.3, -0.25) is 9.59 Å². The SMILES string of the molecule is CC(CN(C)C(=O)c1cc(NC(=O)N(C)C)ccc1Cl)C(=O)O. The Kier molecular flexibility index (Phi) is 6.38. The van der Waals surface area contributed by atoms with Crippen molar-refractivity contribution in [2.45, 2.75) is 6.92 Å². The molecule has 8 heteroatoms. The van der Waals surface area contributed by atoms with Crippen molar-refractivity contribution in [1.29, 1.82) is 0 Å². The molecule has 0 spiro atoms. The highest BCUT2D eigenvalue weighted by atomic mass is 35.5. The van der Waals surface area contributed by atoms with Gasteiger partial charge in [0.2, 0.25) is 0 Å². The van der Waals surface area contributed by atoms with Gasteiger partial charge in [0, 0.05) is 33.4 Å². The van der Waals surface area contributed by atoms with Crippen LogP contribution < -0.4 is 5.32 Å². The number of anilines is 1. The number of carboxylic acids is 1. The molecule has 0 aliphatic heterocycles. The lowest BCUT2D eigenvalue weighted by Crippen LogP contribution is -2.34. The van der Waals surface area contributed by atoms with Gasteiger partial charge in [-0.05, 0) is 18.2 Å². The minimum absolute atomic E-state index is 0.0543. The van der Waals surface area contributed by atoms with E-state index in [1.807, 2.05) is 0 Å². The van der Waals surface area contributed by atoms with Crippen LogP contribution in [0.25, 0.3) is 0 Å². The number of carbonyl (C=O) groups is 3. The number of benzene rings is 1. The highest BCUT2D eigenvalue weighted by Gasteiger charge is 2.21. The van der Waals surface area contributed by atoms with Crippen LogP contribution in [0.3, 0.4) is 0 Å². The van der Waals surface area contributed by atoms with E-state index in [4.69, 9.17) is 16.7 Å². The zero-order valence-electron chi connectivity index (χ0n) is 13.5. The van der Waals surface area contributed by atoms with Crippen LogP contribution in [-0.2, 0) is 4.79 Å². The summed E-state index contributed by atoms with van der Waals surface area (Å²) in [6.07, 6.45) is 0. The lowest BCUT2D eigenvalue weighted by atomic mass is 10.1. The van der Waals surface area contributed by atoms with E-state index >= 15 is 0 Å². The maximum absolute atomic E-state index is 12.4. The first-order valence-corrected chi connectivity index (χ1v) is 7.27. The Bertz CT molecular complexity index is 619. The molecule has 0 aliphatic carbocycles. The third kappa shape index (κ3) is 5.14. The molecule has 1 aromatic carbocycles. The van der Waals surface area contributed by atoms with E-state index in [1.165, 1.54) is 35.9 Å². The maximum Gasteiger partial charge on any atom is 0.321 e. The molecule has 7 nitrogen and oxygen atoms in total. The van der Waals surface area contributed by atoms with Crippen molar-refractivity contribution in [3.05, 3.63) is 28.8 Å². The molecule has 0 saturated carbocycles. The Morgan fingerprint density at radius 2 is 1.87 bits per heavy atom. The van der Waals surface area contributed by atoms with Gasteiger partial charge >= 0.3 is 12.0 Å². The summed E-state index contributed by atoms with van der Waals surface area (Å²) in [7, 11) is 4.69. The number of halogens is 1. The van der Waals surface area contributed by atoms with Gasteiger partial charge in [-0.25, -0.2) is 4.79 Å². The standard InChI is InChI=1S/C15H20ClN3O4/c1-9(14(21)22)8-19(4)13(20)11-7-10(5-6-12(11)16)17-15(23)18(2)3/h5-7,9H,8H2,1-4H3,(H,17,23)(H,21,22). The molecule has 3 amide bonds. The van der Waals surface area contributed by atoms with Gasteiger partial charge in [-0.15, -0.1) is 0 Å². The number of aliphatic carboxylic acids is 1. The van der Waals surface area contributed by atoms with Crippen LogP contribution in [0.5, 0.6) is 0 Å². The fraction of sp³-hybridized carbons (Fsp3) is 0.400. The largest absolute Gasteiger partial charge is 0.481 e. The van der Waals surface area contributed by atoms with Gasteiger partial charge in [0.05, 0.1) is 16.5 Å². The van der Waals surface area contributed by atoms with E-state index in [-0.39, 0.29) is 23.2 Å². The van der Waals surface area contributed by atoms with Crippen LogP contribution in [-0.4, -0.2) is 60.5 Å². The smallest absolute Gasteiger partial charge is 0.321 e. The number of hydrogen-bond acceptors (Lipinski definition) is 3. The Hall–Kier alpha value is -2.28. The molecule has 126 valence electrons. The van der Waals surface area contributed by atoms with Crippen molar-refractivity contribution >= 4 is 35.2 Å². The molecule has 1 aromatic rings. The molecule has 2 N–H and O–H groups in total. The van der Waals surface area contributed by atoms with E-state index in [0.717, 1.165) is 0 Å². The first-order valence-electron chi connectivity index (χ1n) is 6.89. The van der Waals surface area contributed by atoms with Gasteiger partial charge in [-0.1, -0.05) is 18.5 Å². The van der Waals surface area contributed by atoms with E-state index in [2.05, 4.69) is 5.32 Å². The van der Waals surface area contributed by atoms with Crippen LogP contribution in [0.2, 0.25) is 5.02 Å². The van der Waals surface area contributed by atoms with Crippen molar-refractivity contribution in [3.8, 4) is 0 Å². The highest BCUT2D eigenvalue weighted by molar-refractivity contribution is 6.34. The van der Waals surface area contributed by atoms with Crippen molar-refractivity contribution in [2.24, 2.45) is 5.92 Å². The Balaban J connectivity index is 2.95. The molecular formula is C15H20ClN3O4. The van der Waals surface area contributed by atoms with Crippen molar-refractivity contribution < 1.29 is 19.5 Å². The lowest BCUT2D eigenvalue weighted by Gasteiger charge is -2.20. The monoisotopic (exact) mass is 341 g/mol. The summed E-state index contributed by atoms with van der Waals surface area (Å²) in [6.45, 7) is 1.57. The second-order valence-corrected chi connectivity index (χ2v) is 5.85. The molecule has 23 heavy (non-hydrogen) atoms. The normalized spacial score (nSPS) is 11.5. The average Bonchev–Trinajstić information content (AvgIpc) is 2.47. The van der Waals surface area contributed by atoms with Crippen LogP contribution in [0.1, 0.15) is 17.3 Å². The average molecular weight is 342 g/mol. The fourth-order valence-electron chi connectivity index (χ4n) is 1.78. The summed E-state index contributed by atoms with van der Waals surface area (Å²) in [5.41, 5.74) is 0.624. The molecule has 0 aliphatic rings. The number of rotatable bonds is 5. The number of hydrogen-bond donors (Lipinski definition) is 2. The number of nitrogens with one attached hydrogen (secondary N) is 1. The summed E-state index contributed by atoms with van der Waals surface area (Å²) in [5.74, 6) is -2.09. The van der Waals surface area contributed by atoms with E-state index < -0.39 is 17.8 Å². The van der Waals surface area contributed by atoms with E-state index in [1.54, 1.807) is 20.2 Å². The van der Waals surface area contributed by atoms with Crippen LogP contribution in [0.15, 0.2) is 18.2 Å². The van der Waals surface area contributed by atoms with E-state index in [0.29, 0.717) is 5.69 Å². The number of carboxylic acid groups (broad SMARTS) is 1. The van der Waals surface area contributed by atoms with Gasteiger partial charge in [-0.2, -0.15) is 0 Å². The minimum atomic E-state index is -0.984. The second-order valence-electron chi connectivity index (χ2n) is 5.44. The first-order chi connectivity index (χ1) is 10.6. The first kappa shape index (κ1) is 18.8. The molecule has 1 rings (SSSR count). The van der Waals surface area contributed by atoms with Crippen molar-refractivity contribution in [3.63, 3.8) is 0 Å². The van der Waals surface area contributed by atoms with Crippen LogP contribution in [0.4, 0.5) is 10.5 Å². The van der Waals surface area contributed by atoms with E-state index in [9.17, 15) is 14.4 Å². The Morgan fingerprint density at radius 1 is 1.26 bits per heavy atom. The topological polar surface area (TPSA) is 90.0 Å². The minimum Gasteiger partial charge on any atom is -0.481 e. The summed E-state index contributed by atoms with van der Waals surface area (Å²) in [6, 6.07) is 4.22. The van der Waals surface area contributed by atoms with Gasteiger partial charge in [0.25, 0.3) is 5.91 Å². The van der Waals surface area contributed by atoms with Gasteiger partial charge < -0.3 is 20.2 Å². The molecular weight excluding hydrogens is 322 g/mol. The van der Waals surface area contributed by atoms with Crippen molar-refractivity contribution in [1.82, 2.24) is 9.80 Å². The fourth-order valence-corrected chi connectivity index (χ4v) is 1.98. The Morgan fingerprint density at radius 3 is 2.39 bits per heavy atom. The third-order valence-electron chi connectivity index (χ3n) is 3.17. The molecule has 1 atom stereocenters. The summed E-state index contributed by atoms with van der Waals surface area (Å²) in [4.78, 5) is 37.6. The summed E-state index contributed by atoms with van der Waals surface area (Å²) >= 11 is 6.05. The zero-order chi connectivity index (χ0) is 17.7. The number of carbonyl (C=O) groups excluding carboxylic acids is 2. The van der Waals surface area contributed by atoms with Crippen LogP contribution >= 0.6 is 11.6 Å². The number of amides is 3. The van der Waals surface area contributed by atoms with Gasteiger partial charge in [0.1, 0.15) is 0 Å². The van der Waals surface area contributed by atoms with Gasteiger partial charge in [0.15, 0.2) is 0 Å². The molecule has 0 heterocycles. The van der Waals surface area contributed by atoms with Crippen molar-refractivity contribution in [2.75, 3.05) is 33.0 Å². The highest BCUT2D eigenvalue weighted by Crippen LogP contribution is 2.22. The Labute approximate surface area is 139 Å². The lowest BCUT2D eigenvalue weighted by molar-refractivity contribution is -0.141. The predicted octanol–water partition coefficient (Wildman–Crippen LogP) is 2.23. The van der Waals surface area contributed by atoms with Crippen LogP contribution in [0, 0.1) is 5.92 Å². The number of nitrogens with zero attached hydrogens (tertiary/aromatic N) is 2. The maximum atomic E-state index is 12.4. The molecule has 0 aromatic heterocycles. The summed E-state index contributed by atoms with van der Waals surface area (Å²) in [5, 5.41) is 11.8. The quantitative estimate of drug-likeness (QED) is 0.859. The molecule has 0 fully saturated rings. The number of urea groups is 1. The summed E-state index contributed by atoms with van der Waals surface area (Å²) < 4.78 is 0. The zero-order valence-corrected chi connectivity index (χ0v) is 14.2. The third-order valence-corrected chi connectivity index (χ3v) is 3.50. The second kappa shape index (κ2) is 7.82. The molecule has 0 bridgehead atoms. The molecule has 0 radical (unpaired) electrons. The molecule has 0 saturated heterocycles.